The minimum absolute atomic E-state index is 0.0550. The second kappa shape index (κ2) is 9.38. The van der Waals surface area contributed by atoms with Crippen molar-refractivity contribution in [2.24, 2.45) is 0 Å². The predicted molar refractivity (Wildman–Crippen MR) is 108 cm³/mol. The Morgan fingerprint density at radius 1 is 1.14 bits per heavy atom. The Morgan fingerprint density at radius 3 is 2.45 bits per heavy atom. The first-order valence-electron chi connectivity index (χ1n) is 9.52. The average molecular weight is 399 g/mol. The number of hydrogen-bond donors (Lipinski definition) is 0. The molecule has 1 heterocycles. The minimum Gasteiger partial charge on any atom is -0.496 e. The van der Waals surface area contributed by atoms with Gasteiger partial charge in [0.15, 0.2) is 11.9 Å². The van der Waals surface area contributed by atoms with E-state index in [1.807, 2.05) is 18.2 Å². The van der Waals surface area contributed by atoms with Gasteiger partial charge >= 0.3 is 5.69 Å². The van der Waals surface area contributed by atoms with Crippen LogP contribution < -0.4 is 9.47 Å². The summed E-state index contributed by atoms with van der Waals surface area (Å²) in [7, 11) is 1.43. The zero-order valence-corrected chi connectivity index (χ0v) is 16.6. The third-order valence-electron chi connectivity index (χ3n) is 4.95. The van der Waals surface area contributed by atoms with E-state index in [0.29, 0.717) is 18.8 Å². The van der Waals surface area contributed by atoms with Crippen molar-refractivity contribution in [2.75, 3.05) is 33.3 Å². The van der Waals surface area contributed by atoms with Crippen LogP contribution in [-0.4, -0.2) is 60.0 Å². The van der Waals surface area contributed by atoms with Crippen LogP contribution in [0.2, 0.25) is 0 Å². The van der Waals surface area contributed by atoms with Gasteiger partial charge in [-0.2, -0.15) is 0 Å². The number of benzene rings is 2. The zero-order valence-electron chi connectivity index (χ0n) is 16.6. The van der Waals surface area contributed by atoms with E-state index in [4.69, 9.17) is 9.47 Å². The standard InChI is InChI=1S/C21H25N3O5/c1-16(29-20-9-8-18(28-2)14-19(20)24(26)27)21(25)23-12-10-22(11-13-23)15-17-6-4-3-5-7-17/h3-9,14,16H,10-13,15H2,1-2H3. The van der Waals surface area contributed by atoms with Gasteiger partial charge in [0, 0.05) is 32.7 Å². The lowest BCUT2D eigenvalue weighted by Crippen LogP contribution is -2.51. The van der Waals surface area contributed by atoms with Crippen LogP contribution in [0.3, 0.4) is 0 Å². The molecule has 1 fully saturated rings. The van der Waals surface area contributed by atoms with E-state index in [-0.39, 0.29) is 17.3 Å². The lowest BCUT2D eigenvalue weighted by molar-refractivity contribution is -0.386. The Hall–Kier alpha value is -3.13. The number of rotatable bonds is 7. The third kappa shape index (κ3) is 5.23. The number of nitro benzene ring substituents is 1. The highest BCUT2D eigenvalue weighted by atomic mass is 16.6. The molecule has 0 radical (unpaired) electrons. The van der Waals surface area contributed by atoms with Crippen molar-refractivity contribution in [1.29, 1.82) is 0 Å². The number of ether oxygens (including phenoxy) is 2. The van der Waals surface area contributed by atoms with Crippen molar-refractivity contribution in [2.45, 2.75) is 19.6 Å². The van der Waals surface area contributed by atoms with Gasteiger partial charge in [-0.3, -0.25) is 19.8 Å². The van der Waals surface area contributed by atoms with Crippen LogP contribution in [0.4, 0.5) is 5.69 Å². The largest absolute Gasteiger partial charge is 0.496 e. The molecule has 0 saturated carbocycles. The molecule has 1 aliphatic rings. The number of nitro groups is 1. The predicted octanol–water partition coefficient (Wildman–Crippen LogP) is 2.72. The van der Waals surface area contributed by atoms with Crippen LogP contribution in [0.1, 0.15) is 12.5 Å². The van der Waals surface area contributed by atoms with Crippen LogP contribution in [0, 0.1) is 10.1 Å². The fraction of sp³-hybridized carbons (Fsp3) is 0.381. The maximum absolute atomic E-state index is 12.8. The smallest absolute Gasteiger partial charge is 0.314 e. The molecule has 0 aromatic heterocycles. The molecule has 2 aromatic rings. The molecule has 0 N–H and O–H groups in total. The number of piperazine rings is 1. The first-order valence-corrected chi connectivity index (χ1v) is 9.52. The Morgan fingerprint density at radius 2 is 1.83 bits per heavy atom. The molecule has 1 unspecified atom stereocenters. The number of methoxy groups -OCH3 is 1. The van der Waals surface area contributed by atoms with Gasteiger partial charge in [-0.15, -0.1) is 0 Å². The molecule has 154 valence electrons. The van der Waals surface area contributed by atoms with E-state index in [1.54, 1.807) is 17.9 Å². The van der Waals surface area contributed by atoms with Crippen molar-refractivity contribution >= 4 is 11.6 Å². The van der Waals surface area contributed by atoms with E-state index < -0.39 is 11.0 Å². The number of carbonyl (C=O) groups excluding carboxylic acids is 1. The zero-order chi connectivity index (χ0) is 20.8. The summed E-state index contributed by atoms with van der Waals surface area (Å²) >= 11 is 0. The summed E-state index contributed by atoms with van der Waals surface area (Å²) in [6.07, 6.45) is -0.817. The molecule has 2 aromatic carbocycles. The lowest BCUT2D eigenvalue weighted by atomic mass is 10.2. The van der Waals surface area contributed by atoms with Crippen molar-refractivity contribution in [3.05, 3.63) is 64.2 Å². The Balaban J connectivity index is 1.57. The molecule has 8 heteroatoms. The van der Waals surface area contributed by atoms with Gasteiger partial charge in [0.05, 0.1) is 18.1 Å². The minimum atomic E-state index is -0.817. The van der Waals surface area contributed by atoms with Crippen LogP contribution >= 0.6 is 0 Å². The SMILES string of the molecule is COc1ccc(OC(C)C(=O)N2CCN(Cc3ccccc3)CC2)c([N+](=O)[O-])c1. The fourth-order valence-electron chi connectivity index (χ4n) is 3.33. The van der Waals surface area contributed by atoms with Crippen molar-refractivity contribution in [3.63, 3.8) is 0 Å². The molecule has 8 nitrogen and oxygen atoms in total. The molecule has 3 rings (SSSR count). The molecule has 0 bridgehead atoms. The van der Waals surface area contributed by atoms with Crippen molar-refractivity contribution < 1.29 is 19.2 Å². The van der Waals surface area contributed by atoms with Gasteiger partial charge < -0.3 is 14.4 Å². The highest BCUT2D eigenvalue weighted by molar-refractivity contribution is 5.81. The molecule has 1 saturated heterocycles. The summed E-state index contributed by atoms with van der Waals surface area (Å²) in [6, 6.07) is 14.5. The normalized spacial score (nSPS) is 15.6. The second-order valence-electron chi connectivity index (χ2n) is 6.94. The summed E-state index contributed by atoms with van der Waals surface area (Å²) in [4.78, 5) is 27.6. The molecule has 0 aliphatic carbocycles. The molecule has 0 spiro atoms. The maximum Gasteiger partial charge on any atom is 0.314 e. The van der Waals surface area contributed by atoms with Crippen LogP contribution in [0.25, 0.3) is 0 Å². The summed E-state index contributed by atoms with van der Waals surface area (Å²) in [5, 5.41) is 11.3. The lowest BCUT2D eigenvalue weighted by Gasteiger charge is -2.35. The molecule has 1 amide bonds. The van der Waals surface area contributed by atoms with Crippen LogP contribution in [-0.2, 0) is 11.3 Å². The summed E-state index contributed by atoms with van der Waals surface area (Å²) in [6.45, 7) is 5.22. The molecular formula is C21H25N3O5. The first kappa shape index (κ1) is 20.6. The molecular weight excluding hydrogens is 374 g/mol. The molecule has 1 atom stereocenters. The second-order valence-corrected chi connectivity index (χ2v) is 6.94. The topological polar surface area (TPSA) is 85.2 Å². The Kier molecular flexibility index (Phi) is 6.66. The molecule has 29 heavy (non-hydrogen) atoms. The maximum atomic E-state index is 12.8. The summed E-state index contributed by atoms with van der Waals surface area (Å²) < 4.78 is 10.7. The van der Waals surface area contributed by atoms with Gasteiger partial charge in [0.25, 0.3) is 5.91 Å². The Bertz CT molecular complexity index is 851. The van der Waals surface area contributed by atoms with Crippen molar-refractivity contribution in [1.82, 2.24) is 9.80 Å². The highest BCUT2D eigenvalue weighted by Crippen LogP contribution is 2.32. The first-order chi connectivity index (χ1) is 14.0. The number of hydrogen-bond acceptors (Lipinski definition) is 6. The van der Waals surface area contributed by atoms with Gasteiger partial charge in [0.1, 0.15) is 5.75 Å². The van der Waals surface area contributed by atoms with Crippen molar-refractivity contribution in [3.8, 4) is 11.5 Å². The highest BCUT2D eigenvalue weighted by Gasteiger charge is 2.28. The summed E-state index contributed by atoms with van der Waals surface area (Å²) in [5.41, 5.74) is 1.02. The van der Waals surface area contributed by atoms with Gasteiger partial charge in [0.2, 0.25) is 0 Å². The average Bonchev–Trinajstić information content (AvgIpc) is 2.74. The van der Waals surface area contributed by atoms with E-state index in [2.05, 4.69) is 17.0 Å². The fourth-order valence-corrected chi connectivity index (χ4v) is 3.33. The van der Waals surface area contributed by atoms with Crippen LogP contribution in [0.5, 0.6) is 11.5 Å². The number of carbonyl (C=O) groups is 1. The number of nitrogens with zero attached hydrogens (tertiary/aromatic N) is 3. The molecule has 1 aliphatic heterocycles. The van der Waals surface area contributed by atoms with Gasteiger partial charge in [-0.25, -0.2) is 0 Å². The van der Waals surface area contributed by atoms with E-state index in [9.17, 15) is 14.9 Å². The quantitative estimate of drug-likeness (QED) is 0.526. The van der Waals surface area contributed by atoms with Crippen LogP contribution in [0.15, 0.2) is 48.5 Å². The van der Waals surface area contributed by atoms with E-state index in [1.165, 1.54) is 24.8 Å². The van der Waals surface area contributed by atoms with Gasteiger partial charge in [-0.05, 0) is 24.6 Å². The Labute approximate surface area is 169 Å². The monoisotopic (exact) mass is 399 g/mol. The summed E-state index contributed by atoms with van der Waals surface area (Å²) in [5.74, 6) is 0.242. The van der Waals surface area contributed by atoms with E-state index >= 15 is 0 Å². The number of amides is 1. The van der Waals surface area contributed by atoms with Gasteiger partial charge in [-0.1, -0.05) is 30.3 Å². The van der Waals surface area contributed by atoms with E-state index in [0.717, 1.165) is 19.6 Å². The third-order valence-corrected chi connectivity index (χ3v) is 4.95.